The summed E-state index contributed by atoms with van der Waals surface area (Å²) in [4.78, 5) is 4.26. The Morgan fingerprint density at radius 3 is 2.80 bits per heavy atom. The number of rotatable bonds is 5. The molecule has 0 aliphatic rings. The summed E-state index contributed by atoms with van der Waals surface area (Å²) < 4.78 is 15.6. The first kappa shape index (κ1) is 15.1. The molecule has 1 unspecified atom stereocenters. The highest BCUT2D eigenvalue weighted by molar-refractivity contribution is 9.10. The van der Waals surface area contributed by atoms with Crippen LogP contribution in [-0.4, -0.2) is 14.8 Å². The fourth-order valence-corrected chi connectivity index (χ4v) is 2.43. The third-order valence-corrected chi connectivity index (χ3v) is 3.68. The van der Waals surface area contributed by atoms with Crippen molar-refractivity contribution in [2.45, 2.75) is 32.4 Å². The molecule has 0 saturated carbocycles. The molecular weight excluding hydrogens is 325 g/mol. The van der Waals surface area contributed by atoms with Crippen molar-refractivity contribution in [3.63, 3.8) is 0 Å². The van der Waals surface area contributed by atoms with Crippen molar-refractivity contribution in [3.8, 4) is 0 Å². The van der Waals surface area contributed by atoms with Gasteiger partial charge in [-0.2, -0.15) is 5.10 Å². The van der Waals surface area contributed by atoms with E-state index in [0.717, 1.165) is 11.4 Å². The number of aromatic nitrogens is 3. The van der Waals surface area contributed by atoms with E-state index < -0.39 is 0 Å². The van der Waals surface area contributed by atoms with Crippen LogP contribution in [0.25, 0.3) is 0 Å². The summed E-state index contributed by atoms with van der Waals surface area (Å²) in [5, 5.41) is 4.20. The molecule has 0 amide bonds. The third-order valence-electron chi connectivity index (χ3n) is 3.07. The number of nitrogens with two attached hydrogens (primary N) is 1. The molecule has 2 aromatic rings. The summed E-state index contributed by atoms with van der Waals surface area (Å²) in [6, 6.07) is 4.91. The zero-order valence-corrected chi connectivity index (χ0v) is 12.9. The first-order chi connectivity index (χ1) is 9.52. The quantitative estimate of drug-likeness (QED) is 0.647. The SMILES string of the molecule is CC(C)n1ncnc1CC(NN)c1ccc(F)c(Br)c1. The van der Waals surface area contributed by atoms with Gasteiger partial charge in [-0.25, -0.2) is 14.1 Å². The zero-order chi connectivity index (χ0) is 14.7. The summed E-state index contributed by atoms with van der Waals surface area (Å²) in [5.74, 6) is 6.16. The van der Waals surface area contributed by atoms with Crippen molar-refractivity contribution >= 4 is 15.9 Å². The number of hydrazine groups is 1. The van der Waals surface area contributed by atoms with Gasteiger partial charge >= 0.3 is 0 Å². The molecule has 7 heteroatoms. The van der Waals surface area contributed by atoms with Gasteiger partial charge in [-0.05, 0) is 47.5 Å². The molecule has 1 atom stereocenters. The van der Waals surface area contributed by atoms with E-state index in [4.69, 9.17) is 5.84 Å². The van der Waals surface area contributed by atoms with Gasteiger partial charge in [-0.1, -0.05) is 6.07 Å². The number of hydrogen-bond acceptors (Lipinski definition) is 4. The van der Waals surface area contributed by atoms with Crippen LogP contribution in [0.1, 0.15) is 37.3 Å². The molecule has 0 fully saturated rings. The van der Waals surface area contributed by atoms with Gasteiger partial charge in [0, 0.05) is 12.5 Å². The zero-order valence-electron chi connectivity index (χ0n) is 11.3. The van der Waals surface area contributed by atoms with Crippen molar-refractivity contribution in [2.24, 2.45) is 5.84 Å². The maximum atomic E-state index is 13.3. The Labute approximate surface area is 125 Å². The van der Waals surface area contributed by atoms with Crippen molar-refractivity contribution < 1.29 is 4.39 Å². The average molecular weight is 342 g/mol. The molecule has 5 nitrogen and oxygen atoms in total. The first-order valence-corrected chi connectivity index (χ1v) is 7.11. The van der Waals surface area contributed by atoms with E-state index in [9.17, 15) is 4.39 Å². The molecule has 0 saturated heterocycles. The highest BCUT2D eigenvalue weighted by atomic mass is 79.9. The molecular formula is C13H17BrFN5. The van der Waals surface area contributed by atoms with Crippen molar-refractivity contribution in [1.82, 2.24) is 20.2 Å². The molecule has 0 radical (unpaired) electrons. The van der Waals surface area contributed by atoms with E-state index >= 15 is 0 Å². The molecule has 1 aromatic carbocycles. The second-order valence-electron chi connectivity index (χ2n) is 4.81. The van der Waals surface area contributed by atoms with Crippen LogP contribution in [0.2, 0.25) is 0 Å². The Morgan fingerprint density at radius 1 is 1.45 bits per heavy atom. The van der Waals surface area contributed by atoms with E-state index in [1.165, 1.54) is 12.4 Å². The third kappa shape index (κ3) is 3.23. The van der Waals surface area contributed by atoms with Crippen molar-refractivity contribution in [3.05, 3.63) is 46.2 Å². The number of nitrogens with zero attached hydrogens (tertiary/aromatic N) is 3. The molecule has 3 N–H and O–H groups in total. The van der Waals surface area contributed by atoms with Crippen LogP contribution in [-0.2, 0) is 6.42 Å². The minimum absolute atomic E-state index is 0.159. The number of benzene rings is 1. The monoisotopic (exact) mass is 341 g/mol. The Kier molecular flexibility index (Phi) is 4.85. The van der Waals surface area contributed by atoms with Crippen molar-refractivity contribution in [1.29, 1.82) is 0 Å². The molecule has 0 bridgehead atoms. The fourth-order valence-electron chi connectivity index (χ4n) is 2.04. The highest BCUT2D eigenvalue weighted by Gasteiger charge is 2.17. The second-order valence-corrected chi connectivity index (χ2v) is 5.67. The maximum Gasteiger partial charge on any atom is 0.138 e. The van der Waals surface area contributed by atoms with Crippen LogP contribution in [0.4, 0.5) is 4.39 Å². The van der Waals surface area contributed by atoms with Gasteiger partial charge < -0.3 is 0 Å². The second kappa shape index (κ2) is 6.43. The summed E-state index contributed by atoms with van der Waals surface area (Å²) >= 11 is 3.18. The predicted octanol–water partition coefficient (Wildman–Crippen LogP) is 2.51. The minimum Gasteiger partial charge on any atom is -0.271 e. The lowest BCUT2D eigenvalue weighted by atomic mass is 10.0. The van der Waals surface area contributed by atoms with Crippen LogP contribution < -0.4 is 11.3 Å². The highest BCUT2D eigenvalue weighted by Crippen LogP contribution is 2.23. The number of nitrogens with one attached hydrogen (secondary N) is 1. The van der Waals surface area contributed by atoms with Crippen LogP contribution in [0, 0.1) is 5.82 Å². The van der Waals surface area contributed by atoms with Crippen LogP contribution >= 0.6 is 15.9 Å². The van der Waals surface area contributed by atoms with Gasteiger partial charge in [-0.3, -0.25) is 11.3 Å². The molecule has 108 valence electrons. The molecule has 20 heavy (non-hydrogen) atoms. The summed E-state index contributed by atoms with van der Waals surface area (Å²) in [5.41, 5.74) is 3.63. The van der Waals surface area contributed by atoms with Crippen LogP contribution in [0.5, 0.6) is 0 Å². The molecule has 0 aliphatic heterocycles. The minimum atomic E-state index is -0.296. The lowest BCUT2D eigenvalue weighted by Crippen LogP contribution is -2.30. The smallest absolute Gasteiger partial charge is 0.138 e. The Bertz CT molecular complexity index is 584. The average Bonchev–Trinajstić information content (AvgIpc) is 2.87. The van der Waals surface area contributed by atoms with E-state index in [1.54, 1.807) is 12.1 Å². The largest absolute Gasteiger partial charge is 0.271 e. The van der Waals surface area contributed by atoms with Gasteiger partial charge in [-0.15, -0.1) is 0 Å². The Balaban J connectivity index is 2.24. The van der Waals surface area contributed by atoms with Crippen molar-refractivity contribution in [2.75, 3.05) is 0 Å². The maximum absolute atomic E-state index is 13.3. The summed E-state index contributed by atoms with van der Waals surface area (Å²) in [6.07, 6.45) is 2.11. The number of hydrogen-bond donors (Lipinski definition) is 2. The topological polar surface area (TPSA) is 68.8 Å². The van der Waals surface area contributed by atoms with Crippen LogP contribution in [0.3, 0.4) is 0 Å². The van der Waals surface area contributed by atoms with Gasteiger partial charge in [0.1, 0.15) is 18.0 Å². The molecule has 2 rings (SSSR count). The number of halogens is 2. The van der Waals surface area contributed by atoms with Crippen LogP contribution in [0.15, 0.2) is 29.0 Å². The summed E-state index contributed by atoms with van der Waals surface area (Å²) in [6.45, 7) is 4.08. The molecule has 1 heterocycles. The van der Waals surface area contributed by atoms with Gasteiger partial charge in [0.2, 0.25) is 0 Å². The van der Waals surface area contributed by atoms with E-state index in [2.05, 4.69) is 31.4 Å². The van der Waals surface area contributed by atoms with Gasteiger partial charge in [0.15, 0.2) is 0 Å². The van der Waals surface area contributed by atoms with E-state index in [1.807, 2.05) is 18.5 Å². The normalized spacial score (nSPS) is 12.9. The lowest BCUT2D eigenvalue weighted by molar-refractivity contribution is 0.468. The lowest BCUT2D eigenvalue weighted by Gasteiger charge is -2.18. The summed E-state index contributed by atoms with van der Waals surface area (Å²) in [7, 11) is 0. The standard InChI is InChI=1S/C13H17BrFN5/c1-8(2)20-13(17-7-18-20)6-12(19-16)9-3-4-11(15)10(14)5-9/h3-5,7-8,12,19H,6,16H2,1-2H3. The fraction of sp³-hybridized carbons (Fsp3) is 0.385. The van der Waals surface area contributed by atoms with Gasteiger partial charge in [0.25, 0.3) is 0 Å². The molecule has 0 spiro atoms. The molecule has 0 aliphatic carbocycles. The molecule has 1 aromatic heterocycles. The first-order valence-electron chi connectivity index (χ1n) is 6.32. The Morgan fingerprint density at radius 2 is 2.20 bits per heavy atom. The Hall–Kier alpha value is -1.31. The van der Waals surface area contributed by atoms with E-state index in [-0.39, 0.29) is 17.9 Å². The van der Waals surface area contributed by atoms with Gasteiger partial charge in [0.05, 0.1) is 10.5 Å². The predicted molar refractivity (Wildman–Crippen MR) is 78.3 cm³/mol. The van der Waals surface area contributed by atoms with E-state index in [0.29, 0.717) is 10.9 Å².